The first-order valence-corrected chi connectivity index (χ1v) is 8.96. The zero-order chi connectivity index (χ0) is 18.6. The van der Waals surface area contributed by atoms with Crippen LogP contribution in [0.5, 0.6) is 0 Å². The molecule has 1 aromatic carbocycles. The summed E-state index contributed by atoms with van der Waals surface area (Å²) in [4.78, 5) is 24.4. The number of nitrogens with two attached hydrogens (primary N) is 1. The highest BCUT2D eigenvalue weighted by Gasteiger charge is 2.37. The molecule has 7 heteroatoms. The quantitative estimate of drug-likeness (QED) is 0.726. The number of anilines is 1. The van der Waals surface area contributed by atoms with Gasteiger partial charge in [-0.1, -0.05) is 25.0 Å². The van der Waals surface area contributed by atoms with Crippen molar-refractivity contribution in [1.82, 2.24) is 5.32 Å². The number of hydrogen-bond donors (Lipinski definition) is 3. The van der Waals surface area contributed by atoms with Gasteiger partial charge in [0.15, 0.2) is 5.76 Å². The van der Waals surface area contributed by atoms with Crippen LogP contribution < -0.4 is 16.4 Å². The van der Waals surface area contributed by atoms with Crippen molar-refractivity contribution < 1.29 is 14.0 Å². The summed E-state index contributed by atoms with van der Waals surface area (Å²) >= 11 is 0. The molecule has 2 amide bonds. The molecule has 1 fully saturated rings. The molecule has 0 aliphatic heterocycles. The van der Waals surface area contributed by atoms with Crippen molar-refractivity contribution in [3.05, 3.63) is 54.0 Å². The van der Waals surface area contributed by atoms with E-state index in [1.165, 1.54) is 6.26 Å². The number of carbonyl (C=O) groups excluding carboxylic acids is 2. The molecule has 0 spiro atoms. The van der Waals surface area contributed by atoms with Crippen LogP contribution in [0.4, 0.5) is 5.69 Å². The van der Waals surface area contributed by atoms with Crippen LogP contribution in [0.3, 0.4) is 0 Å². The Morgan fingerprint density at radius 1 is 1.22 bits per heavy atom. The van der Waals surface area contributed by atoms with Gasteiger partial charge in [-0.15, -0.1) is 12.4 Å². The number of rotatable bonds is 5. The Labute approximate surface area is 165 Å². The summed E-state index contributed by atoms with van der Waals surface area (Å²) < 4.78 is 5.06. The van der Waals surface area contributed by atoms with E-state index in [0.717, 1.165) is 31.2 Å². The molecule has 1 heterocycles. The second-order valence-electron chi connectivity index (χ2n) is 7.15. The Bertz CT molecular complexity index is 757. The van der Waals surface area contributed by atoms with E-state index in [0.29, 0.717) is 12.2 Å². The molecule has 1 saturated carbocycles. The van der Waals surface area contributed by atoms with Crippen LogP contribution in [-0.4, -0.2) is 17.4 Å². The highest BCUT2D eigenvalue weighted by molar-refractivity contribution is 6.02. The van der Waals surface area contributed by atoms with E-state index >= 15 is 0 Å². The SMILES string of the molecule is CC1(N)CCCCC1C(=O)NCc1ccc(NC(=O)c2ccco2)cc1.Cl. The average Bonchev–Trinajstić information content (AvgIpc) is 3.15. The second kappa shape index (κ2) is 9.06. The van der Waals surface area contributed by atoms with Crippen LogP contribution in [0.15, 0.2) is 47.1 Å². The average molecular weight is 392 g/mol. The van der Waals surface area contributed by atoms with Crippen LogP contribution in [0.2, 0.25) is 0 Å². The van der Waals surface area contributed by atoms with Gasteiger partial charge < -0.3 is 20.8 Å². The minimum atomic E-state index is -0.428. The van der Waals surface area contributed by atoms with Crippen LogP contribution >= 0.6 is 12.4 Å². The lowest BCUT2D eigenvalue weighted by atomic mass is 9.74. The molecule has 2 aromatic rings. The van der Waals surface area contributed by atoms with Gasteiger partial charge in [-0.3, -0.25) is 9.59 Å². The summed E-state index contributed by atoms with van der Waals surface area (Å²) in [5.41, 5.74) is 7.49. The van der Waals surface area contributed by atoms with Crippen molar-refractivity contribution in [2.45, 2.75) is 44.7 Å². The van der Waals surface area contributed by atoms with Gasteiger partial charge in [0.25, 0.3) is 5.91 Å². The molecular weight excluding hydrogens is 366 g/mol. The van der Waals surface area contributed by atoms with E-state index in [2.05, 4.69) is 10.6 Å². The van der Waals surface area contributed by atoms with E-state index in [1.807, 2.05) is 19.1 Å². The first kappa shape index (κ1) is 21.0. The molecule has 27 heavy (non-hydrogen) atoms. The van der Waals surface area contributed by atoms with Crippen LogP contribution in [0.25, 0.3) is 0 Å². The molecule has 1 aliphatic carbocycles. The smallest absolute Gasteiger partial charge is 0.291 e. The van der Waals surface area contributed by atoms with E-state index in [4.69, 9.17) is 10.2 Å². The van der Waals surface area contributed by atoms with Crippen LogP contribution in [0, 0.1) is 5.92 Å². The lowest BCUT2D eigenvalue weighted by Crippen LogP contribution is -2.52. The zero-order valence-electron chi connectivity index (χ0n) is 15.4. The van der Waals surface area contributed by atoms with Crippen LogP contribution in [-0.2, 0) is 11.3 Å². The molecule has 3 rings (SSSR count). The Balaban J connectivity index is 0.00000261. The Kier molecular flexibility index (Phi) is 7.05. The maximum atomic E-state index is 12.5. The van der Waals surface area contributed by atoms with Gasteiger partial charge in [0.2, 0.25) is 5.91 Å². The van der Waals surface area contributed by atoms with Crippen LogP contribution in [0.1, 0.15) is 48.7 Å². The van der Waals surface area contributed by atoms with E-state index in [-0.39, 0.29) is 35.9 Å². The van der Waals surface area contributed by atoms with Crippen molar-refractivity contribution in [2.24, 2.45) is 11.7 Å². The monoisotopic (exact) mass is 391 g/mol. The lowest BCUT2D eigenvalue weighted by molar-refractivity contribution is -0.128. The van der Waals surface area contributed by atoms with Gasteiger partial charge in [0, 0.05) is 17.8 Å². The molecular formula is C20H26ClN3O3. The molecule has 0 saturated heterocycles. The minimum Gasteiger partial charge on any atom is -0.459 e. The summed E-state index contributed by atoms with van der Waals surface area (Å²) in [5, 5.41) is 5.75. The van der Waals surface area contributed by atoms with Crippen molar-refractivity contribution in [1.29, 1.82) is 0 Å². The highest BCUT2D eigenvalue weighted by atomic mass is 35.5. The normalized spacial score (nSPS) is 21.8. The van der Waals surface area contributed by atoms with E-state index in [1.54, 1.807) is 24.3 Å². The zero-order valence-corrected chi connectivity index (χ0v) is 16.2. The van der Waals surface area contributed by atoms with Crippen molar-refractivity contribution >= 4 is 29.9 Å². The Morgan fingerprint density at radius 2 is 1.96 bits per heavy atom. The largest absolute Gasteiger partial charge is 0.459 e. The predicted octanol–water partition coefficient (Wildman–Crippen LogP) is 3.48. The second-order valence-corrected chi connectivity index (χ2v) is 7.15. The van der Waals surface area contributed by atoms with Gasteiger partial charge in [0.05, 0.1) is 12.2 Å². The van der Waals surface area contributed by atoms with E-state index < -0.39 is 5.54 Å². The molecule has 1 aliphatic rings. The maximum Gasteiger partial charge on any atom is 0.291 e. The summed E-state index contributed by atoms with van der Waals surface area (Å²) in [6, 6.07) is 10.6. The van der Waals surface area contributed by atoms with Crippen molar-refractivity contribution in [3.8, 4) is 0 Å². The topological polar surface area (TPSA) is 97.4 Å². The molecule has 0 bridgehead atoms. The number of nitrogens with one attached hydrogen (secondary N) is 2. The maximum absolute atomic E-state index is 12.5. The van der Waals surface area contributed by atoms with E-state index in [9.17, 15) is 9.59 Å². The summed E-state index contributed by atoms with van der Waals surface area (Å²) in [6.07, 6.45) is 5.32. The summed E-state index contributed by atoms with van der Waals surface area (Å²) in [6.45, 7) is 2.41. The predicted molar refractivity (Wildman–Crippen MR) is 107 cm³/mol. The third-order valence-corrected chi connectivity index (χ3v) is 4.99. The van der Waals surface area contributed by atoms with Gasteiger partial charge in [-0.25, -0.2) is 0 Å². The molecule has 146 valence electrons. The third kappa shape index (κ3) is 5.34. The fourth-order valence-corrected chi connectivity index (χ4v) is 3.41. The molecule has 1 aromatic heterocycles. The number of benzene rings is 1. The standard InChI is InChI=1S/C20H25N3O3.ClH/c1-20(21)11-3-2-5-16(20)18(24)22-13-14-7-9-15(10-8-14)23-19(25)17-6-4-12-26-17;/h4,6-10,12,16H,2-3,5,11,13,21H2,1H3,(H,22,24)(H,23,25);1H. The van der Waals surface area contributed by atoms with Gasteiger partial charge in [-0.2, -0.15) is 0 Å². The minimum absolute atomic E-state index is 0. The Hall–Kier alpha value is -2.31. The summed E-state index contributed by atoms with van der Waals surface area (Å²) in [5.74, 6) is -0.151. The lowest BCUT2D eigenvalue weighted by Gasteiger charge is -2.37. The number of halogens is 1. The fourth-order valence-electron chi connectivity index (χ4n) is 3.41. The number of furan rings is 1. The molecule has 6 nitrogen and oxygen atoms in total. The molecule has 4 N–H and O–H groups in total. The molecule has 2 atom stereocenters. The Morgan fingerprint density at radius 3 is 2.59 bits per heavy atom. The van der Waals surface area contributed by atoms with Gasteiger partial charge in [-0.05, 0) is 49.6 Å². The first-order chi connectivity index (χ1) is 12.5. The van der Waals surface area contributed by atoms with Crippen molar-refractivity contribution in [3.63, 3.8) is 0 Å². The molecule has 2 unspecified atom stereocenters. The number of carbonyl (C=O) groups is 2. The number of hydrogen-bond acceptors (Lipinski definition) is 4. The van der Waals surface area contributed by atoms with Gasteiger partial charge >= 0.3 is 0 Å². The highest BCUT2D eigenvalue weighted by Crippen LogP contribution is 2.31. The van der Waals surface area contributed by atoms with Gasteiger partial charge in [0.1, 0.15) is 0 Å². The fraction of sp³-hybridized carbons (Fsp3) is 0.400. The third-order valence-electron chi connectivity index (χ3n) is 4.99. The number of amides is 2. The first-order valence-electron chi connectivity index (χ1n) is 8.96. The van der Waals surface area contributed by atoms with Crippen molar-refractivity contribution in [2.75, 3.05) is 5.32 Å². The summed E-state index contributed by atoms with van der Waals surface area (Å²) in [7, 11) is 0. The molecule has 0 radical (unpaired) electrons.